The van der Waals surface area contributed by atoms with Crippen molar-refractivity contribution in [2.45, 2.75) is 52.3 Å². The third-order valence-electron chi connectivity index (χ3n) is 7.36. The average Bonchev–Trinajstić information content (AvgIpc) is 3.35. The van der Waals surface area contributed by atoms with Gasteiger partial charge in [-0.3, -0.25) is 0 Å². The number of anilines is 2. The van der Waals surface area contributed by atoms with E-state index in [-0.39, 0.29) is 18.2 Å². The van der Waals surface area contributed by atoms with E-state index in [0.29, 0.717) is 13.1 Å². The van der Waals surface area contributed by atoms with E-state index in [9.17, 15) is 4.79 Å². The number of pyridine rings is 1. The highest BCUT2D eigenvalue weighted by Crippen LogP contribution is 2.34. The molecular formula is C31H35N7O2. The third kappa shape index (κ3) is 4.87. The monoisotopic (exact) mass is 537 g/mol. The molecule has 6 rings (SSSR count). The first-order chi connectivity index (χ1) is 19.2. The maximum atomic E-state index is 12.6. The molecule has 206 valence electrons. The minimum absolute atomic E-state index is 0.101. The van der Waals surface area contributed by atoms with Crippen LogP contribution in [0.1, 0.15) is 40.2 Å². The fourth-order valence-electron chi connectivity index (χ4n) is 5.65. The number of carbonyl (C=O) groups is 1. The molecule has 5 heterocycles. The number of hydrogen-bond acceptors (Lipinski definition) is 7. The highest BCUT2D eigenvalue weighted by atomic mass is 16.6. The summed E-state index contributed by atoms with van der Waals surface area (Å²) in [5, 5.41) is 8.05. The molecular weight excluding hydrogens is 502 g/mol. The minimum Gasteiger partial charge on any atom is -0.444 e. The lowest BCUT2D eigenvalue weighted by molar-refractivity contribution is 0.0192. The first-order valence-electron chi connectivity index (χ1n) is 13.8. The Balaban J connectivity index is 1.21. The number of nitrogens with one attached hydrogen (secondary N) is 1. The van der Waals surface area contributed by atoms with Crippen LogP contribution in [-0.2, 0) is 4.74 Å². The van der Waals surface area contributed by atoms with E-state index in [4.69, 9.17) is 14.7 Å². The maximum absolute atomic E-state index is 12.6. The van der Waals surface area contributed by atoms with Crippen molar-refractivity contribution in [1.29, 1.82) is 0 Å². The van der Waals surface area contributed by atoms with Crippen molar-refractivity contribution in [2.75, 3.05) is 29.9 Å². The number of nitrogens with zero attached hydrogens (tertiary/aromatic N) is 6. The Bertz CT molecular complexity index is 1570. The zero-order valence-corrected chi connectivity index (χ0v) is 23.6. The van der Waals surface area contributed by atoms with Crippen molar-refractivity contribution < 1.29 is 9.53 Å². The quantitative estimate of drug-likeness (QED) is 0.357. The van der Waals surface area contributed by atoms with Crippen molar-refractivity contribution >= 4 is 29.3 Å². The van der Waals surface area contributed by atoms with E-state index >= 15 is 0 Å². The van der Waals surface area contributed by atoms with Crippen LogP contribution in [0.3, 0.4) is 0 Å². The summed E-state index contributed by atoms with van der Waals surface area (Å²) in [5.74, 6) is 0.888. The van der Waals surface area contributed by atoms with Gasteiger partial charge >= 0.3 is 6.09 Å². The Morgan fingerprint density at radius 3 is 2.48 bits per heavy atom. The summed E-state index contributed by atoms with van der Waals surface area (Å²) in [6.45, 7) is 11.9. The Labute approximate surface area is 234 Å². The van der Waals surface area contributed by atoms with Gasteiger partial charge in [0.15, 0.2) is 5.65 Å². The van der Waals surface area contributed by atoms with E-state index in [1.54, 1.807) is 4.90 Å². The second kappa shape index (κ2) is 9.97. The molecule has 0 aliphatic carbocycles. The number of piperazine rings is 1. The molecule has 3 aromatic heterocycles. The van der Waals surface area contributed by atoms with E-state index in [2.05, 4.69) is 65.6 Å². The number of fused-ring (bicyclic) bond motifs is 2. The summed E-state index contributed by atoms with van der Waals surface area (Å²) in [4.78, 5) is 26.3. The van der Waals surface area contributed by atoms with Gasteiger partial charge in [0, 0.05) is 78.2 Å². The largest absolute Gasteiger partial charge is 0.444 e. The smallest absolute Gasteiger partial charge is 0.410 e. The van der Waals surface area contributed by atoms with Gasteiger partial charge in [0.1, 0.15) is 11.4 Å². The van der Waals surface area contributed by atoms with E-state index in [1.165, 1.54) is 0 Å². The van der Waals surface area contributed by atoms with Gasteiger partial charge in [-0.1, -0.05) is 24.3 Å². The fraction of sp³-hybridized carbons (Fsp3) is 0.355. The second-order valence-electron chi connectivity index (χ2n) is 11.6. The zero-order chi connectivity index (χ0) is 28.0. The molecule has 1 N–H and O–H groups in total. The predicted octanol–water partition coefficient (Wildman–Crippen LogP) is 5.73. The standard InChI is InChI=1S/C31H35N7O2/c1-20-17-36(30(39)40-31(3,4)5)18-21(2)38(20)28-12-11-22(14-33-28)23-15-34-29-26(16-35-37(29)19-23)24-8-6-10-27-25(24)9-7-13-32-27/h6-12,14-16,19-21,32H,13,17-18H2,1-5H3. The topological polar surface area (TPSA) is 87.9 Å². The second-order valence-corrected chi connectivity index (χ2v) is 11.6. The van der Waals surface area contributed by atoms with Gasteiger partial charge in [-0.15, -0.1) is 0 Å². The number of aromatic nitrogens is 4. The molecule has 1 amide bonds. The summed E-state index contributed by atoms with van der Waals surface area (Å²) in [7, 11) is 0. The zero-order valence-electron chi connectivity index (χ0n) is 23.6. The molecule has 0 saturated carbocycles. The summed E-state index contributed by atoms with van der Waals surface area (Å²) in [6.07, 6.45) is 11.7. The van der Waals surface area contributed by atoms with Gasteiger partial charge in [0.25, 0.3) is 0 Å². The van der Waals surface area contributed by atoms with Gasteiger partial charge in [0.2, 0.25) is 0 Å². The van der Waals surface area contributed by atoms with E-state index < -0.39 is 5.60 Å². The van der Waals surface area contributed by atoms with Crippen LogP contribution in [0.25, 0.3) is 34.0 Å². The van der Waals surface area contributed by atoms with Crippen LogP contribution in [0.4, 0.5) is 16.3 Å². The Hall–Kier alpha value is -4.40. The van der Waals surface area contributed by atoms with Crippen molar-refractivity contribution in [3.63, 3.8) is 0 Å². The number of hydrogen-bond donors (Lipinski definition) is 1. The molecule has 9 heteroatoms. The molecule has 2 aliphatic rings. The average molecular weight is 538 g/mol. The molecule has 2 aliphatic heterocycles. The predicted molar refractivity (Wildman–Crippen MR) is 158 cm³/mol. The van der Waals surface area contributed by atoms with Crippen LogP contribution in [0.15, 0.2) is 61.2 Å². The third-order valence-corrected chi connectivity index (χ3v) is 7.36. The Kier molecular flexibility index (Phi) is 6.44. The normalized spacial score (nSPS) is 18.9. The molecule has 2 atom stereocenters. The summed E-state index contributed by atoms with van der Waals surface area (Å²) < 4.78 is 7.43. The van der Waals surface area contributed by atoms with Crippen LogP contribution in [-0.4, -0.2) is 67.9 Å². The highest BCUT2D eigenvalue weighted by molar-refractivity contribution is 5.89. The maximum Gasteiger partial charge on any atom is 0.410 e. The Morgan fingerprint density at radius 2 is 1.75 bits per heavy atom. The lowest BCUT2D eigenvalue weighted by Crippen LogP contribution is -2.59. The first-order valence-corrected chi connectivity index (χ1v) is 13.8. The van der Waals surface area contributed by atoms with Crippen molar-refractivity contribution in [3.05, 3.63) is 66.8 Å². The van der Waals surface area contributed by atoms with Crippen LogP contribution < -0.4 is 10.2 Å². The molecule has 2 unspecified atom stereocenters. The van der Waals surface area contributed by atoms with Crippen LogP contribution in [0, 0.1) is 0 Å². The van der Waals surface area contributed by atoms with Crippen LogP contribution >= 0.6 is 0 Å². The number of benzene rings is 1. The number of rotatable bonds is 3. The summed E-state index contributed by atoms with van der Waals surface area (Å²) >= 11 is 0. The number of ether oxygens (including phenoxy) is 1. The van der Waals surface area contributed by atoms with Crippen molar-refractivity contribution in [3.8, 4) is 22.3 Å². The molecule has 1 aromatic carbocycles. The molecule has 1 fully saturated rings. The fourth-order valence-corrected chi connectivity index (χ4v) is 5.65. The number of carbonyl (C=O) groups excluding carboxylic acids is 1. The van der Waals surface area contributed by atoms with E-state index in [0.717, 1.165) is 51.5 Å². The van der Waals surface area contributed by atoms with Crippen molar-refractivity contribution in [1.82, 2.24) is 24.5 Å². The molecule has 0 radical (unpaired) electrons. The van der Waals surface area contributed by atoms with Gasteiger partial charge in [-0.2, -0.15) is 5.10 Å². The van der Waals surface area contributed by atoms with E-state index in [1.807, 2.05) is 56.1 Å². The van der Waals surface area contributed by atoms with Crippen molar-refractivity contribution in [2.24, 2.45) is 0 Å². The SMILES string of the molecule is CC1CN(C(=O)OC(C)(C)C)CC(C)N1c1ccc(-c2cnc3c(-c4cccc5c4C=CCN5)cnn3c2)cn1. The molecule has 9 nitrogen and oxygen atoms in total. The molecule has 0 bridgehead atoms. The first kappa shape index (κ1) is 25.9. The minimum atomic E-state index is -0.510. The van der Waals surface area contributed by atoms with Gasteiger partial charge in [0.05, 0.1) is 6.20 Å². The van der Waals surface area contributed by atoms with Gasteiger partial charge in [-0.25, -0.2) is 19.3 Å². The lowest BCUT2D eigenvalue weighted by atomic mass is 9.98. The molecule has 0 spiro atoms. The van der Waals surface area contributed by atoms with Gasteiger partial charge < -0.3 is 19.9 Å². The highest BCUT2D eigenvalue weighted by Gasteiger charge is 2.34. The molecule has 1 saturated heterocycles. The molecule has 4 aromatic rings. The summed E-state index contributed by atoms with van der Waals surface area (Å²) in [5.41, 5.74) is 6.59. The summed E-state index contributed by atoms with van der Waals surface area (Å²) in [6, 6.07) is 10.6. The lowest BCUT2D eigenvalue weighted by Gasteiger charge is -2.45. The Morgan fingerprint density at radius 1 is 0.975 bits per heavy atom. The number of amides is 1. The van der Waals surface area contributed by atoms with Gasteiger partial charge in [-0.05, 0) is 58.4 Å². The molecule has 40 heavy (non-hydrogen) atoms. The van der Waals surface area contributed by atoms with Crippen LogP contribution in [0.5, 0.6) is 0 Å². The van der Waals surface area contributed by atoms with Crippen LogP contribution in [0.2, 0.25) is 0 Å².